The lowest BCUT2D eigenvalue weighted by Gasteiger charge is -2.40. The second kappa shape index (κ2) is 8.06. The van der Waals surface area contributed by atoms with Crippen LogP contribution in [0, 0.1) is 0 Å². The van der Waals surface area contributed by atoms with E-state index in [0.29, 0.717) is 11.3 Å². The van der Waals surface area contributed by atoms with E-state index >= 15 is 0 Å². The molecule has 1 heterocycles. The molecule has 7 heteroatoms. The maximum atomic E-state index is 12.6. The Labute approximate surface area is 167 Å². The maximum absolute atomic E-state index is 12.6. The Bertz CT molecular complexity index is 928. The number of ether oxygens (including phenoxy) is 1. The van der Waals surface area contributed by atoms with E-state index in [4.69, 9.17) is 9.84 Å². The quantitative estimate of drug-likeness (QED) is 0.512. The van der Waals surface area contributed by atoms with Gasteiger partial charge in [0.15, 0.2) is 12.1 Å². The van der Waals surface area contributed by atoms with Crippen molar-refractivity contribution in [3.63, 3.8) is 0 Å². The van der Waals surface area contributed by atoms with E-state index in [9.17, 15) is 20.1 Å². The summed E-state index contributed by atoms with van der Waals surface area (Å²) in [6.45, 7) is -0.515. The molecule has 1 aliphatic heterocycles. The highest BCUT2D eigenvalue weighted by Gasteiger charge is 2.43. The van der Waals surface area contributed by atoms with Crippen LogP contribution in [-0.4, -0.2) is 63.5 Å². The molecule has 0 spiro atoms. The Morgan fingerprint density at radius 3 is 2.52 bits per heavy atom. The molecule has 152 valence electrons. The SMILES string of the molecule is O=C1Cc2cc(NC3[C@@H](O)OC(CO)[C@H](O)[C@H]3O)ccc2C=C1c1ccccc1. The molecule has 0 amide bonds. The molecule has 1 aliphatic carbocycles. The van der Waals surface area contributed by atoms with Crippen molar-refractivity contribution in [3.8, 4) is 0 Å². The average Bonchev–Trinajstić information content (AvgIpc) is 2.73. The fraction of sp³-hybridized carbons (Fsp3) is 0.318. The second-order valence-electron chi connectivity index (χ2n) is 7.34. The first-order valence-corrected chi connectivity index (χ1v) is 9.48. The highest BCUT2D eigenvalue weighted by Crippen LogP contribution is 2.31. The third-order valence-corrected chi connectivity index (χ3v) is 5.41. The minimum absolute atomic E-state index is 0.0168. The van der Waals surface area contributed by atoms with Crippen molar-refractivity contribution < 1.29 is 30.0 Å². The van der Waals surface area contributed by atoms with E-state index in [-0.39, 0.29) is 12.2 Å². The van der Waals surface area contributed by atoms with Crippen molar-refractivity contribution in [1.82, 2.24) is 0 Å². The fourth-order valence-corrected chi connectivity index (χ4v) is 3.80. The Balaban J connectivity index is 1.56. The summed E-state index contributed by atoms with van der Waals surface area (Å²) in [5.41, 5.74) is 3.88. The number of hydrogen-bond acceptors (Lipinski definition) is 7. The molecule has 5 atom stereocenters. The van der Waals surface area contributed by atoms with E-state index in [1.165, 1.54) is 0 Å². The van der Waals surface area contributed by atoms with Gasteiger partial charge >= 0.3 is 0 Å². The zero-order valence-electron chi connectivity index (χ0n) is 15.6. The molecule has 4 rings (SSSR count). The zero-order chi connectivity index (χ0) is 20.5. The van der Waals surface area contributed by atoms with Gasteiger partial charge in [0.05, 0.1) is 6.61 Å². The number of fused-ring (bicyclic) bond motifs is 1. The number of aliphatic hydroxyl groups is 4. The van der Waals surface area contributed by atoms with Gasteiger partial charge in [-0.05, 0) is 34.9 Å². The fourth-order valence-electron chi connectivity index (χ4n) is 3.80. The van der Waals surface area contributed by atoms with Gasteiger partial charge in [-0.1, -0.05) is 36.4 Å². The first kappa shape index (κ1) is 19.8. The number of Topliss-reactive ketones (excluding diaryl/α,β-unsaturated/α-hetero) is 1. The molecule has 2 aromatic rings. The van der Waals surface area contributed by atoms with E-state index in [1.807, 2.05) is 42.5 Å². The van der Waals surface area contributed by atoms with Gasteiger partial charge in [-0.15, -0.1) is 0 Å². The van der Waals surface area contributed by atoms with Crippen LogP contribution in [0.1, 0.15) is 16.7 Å². The van der Waals surface area contributed by atoms with Crippen molar-refractivity contribution in [2.75, 3.05) is 11.9 Å². The summed E-state index contributed by atoms with van der Waals surface area (Å²) in [4.78, 5) is 12.6. The zero-order valence-corrected chi connectivity index (χ0v) is 15.6. The number of anilines is 1. The number of carbonyl (C=O) groups excluding carboxylic acids is 1. The van der Waals surface area contributed by atoms with E-state index < -0.39 is 37.3 Å². The van der Waals surface area contributed by atoms with Crippen molar-refractivity contribution in [2.45, 2.75) is 37.1 Å². The largest absolute Gasteiger partial charge is 0.394 e. The standard InChI is InChI=1S/C22H23NO6/c24-11-18-20(26)21(27)19(22(28)29-18)23-15-7-6-13-9-16(12-4-2-1-3-5-12)17(25)10-14(13)8-15/h1-9,18-24,26-28H,10-11H2/t18?,19?,20-,21-,22-/m0/s1. The topological polar surface area (TPSA) is 119 Å². The molecule has 0 aromatic heterocycles. The molecular weight excluding hydrogens is 374 g/mol. The van der Waals surface area contributed by atoms with Crippen LogP contribution in [0.25, 0.3) is 11.6 Å². The molecular formula is C22H23NO6. The number of hydrogen-bond donors (Lipinski definition) is 5. The minimum Gasteiger partial charge on any atom is -0.394 e. The van der Waals surface area contributed by atoms with Crippen LogP contribution in [0.2, 0.25) is 0 Å². The van der Waals surface area contributed by atoms with Crippen LogP contribution in [0.5, 0.6) is 0 Å². The lowest BCUT2D eigenvalue weighted by atomic mass is 9.87. The van der Waals surface area contributed by atoms with Crippen LogP contribution in [0.4, 0.5) is 5.69 Å². The monoisotopic (exact) mass is 397 g/mol. The van der Waals surface area contributed by atoms with Gasteiger partial charge in [0.1, 0.15) is 24.4 Å². The van der Waals surface area contributed by atoms with Gasteiger partial charge < -0.3 is 30.5 Å². The van der Waals surface area contributed by atoms with Gasteiger partial charge in [0.2, 0.25) is 0 Å². The molecule has 0 radical (unpaired) electrons. The Morgan fingerprint density at radius 2 is 1.79 bits per heavy atom. The molecule has 1 saturated heterocycles. The van der Waals surface area contributed by atoms with Crippen molar-refractivity contribution in [3.05, 3.63) is 65.2 Å². The van der Waals surface area contributed by atoms with Crippen LogP contribution in [-0.2, 0) is 16.0 Å². The number of allylic oxidation sites excluding steroid dienone is 1. The summed E-state index contributed by atoms with van der Waals surface area (Å²) < 4.78 is 5.17. The second-order valence-corrected chi connectivity index (χ2v) is 7.34. The first-order valence-electron chi connectivity index (χ1n) is 9.48. The minimum atomic E-state index is -1.41. The Kier molecular flexibility index (Phi) is 5.49. The van der Waals surface area contributed by atoms with Crippen molar-refractivity contribution >= 4 is 23.1 Å². The van der Waals surface area contributed by atoms with Gasteiger partial charge in [-0.2, -0.15) is 0 Å². The highest BCUT2D eigenvalue weighted by molar-refractivity contribution is 6.27. The predicted molar refractivity (Wildman–Crippen MR) is 107 cm³/mol. The number of benzene rings is 2. The summed E-state index contributed by atoms with van der Waals surface area (Å²) in [6.07, 6.45) is -3.03. The maximum Gasteiger partial charge on any atom is 0.178 e. The number of aliphatic hydroxyl groups excluding tert-OH is 4. The smallest absolute Gasteiger partial charge is 0.178 e. The van der Waals surface area contributed by atoms with Gasteiger partial charge in [0, 0.05) is 17.7 Å². The summed E-state index contributed by atoms with van der Waals surface area (Å²) in [5, 5.41) is 42.6. The molecule has 2 unspecified atom stereocenters. The number of ketones is 1. The van der Waals surface area contributed by atoms with Crippen LogP contribution >= 0.6 is 0 Å². The number of carbonyl (C=O) groups is 1. The van der Waals surface area contributed by atoms with E-state index in [0.717, 1.165) is 16.7 Å². The summed E-state index contributed by atoms with van der Waals surface area (Å²) in [7, 11) is 0. The predicted octanol–water partition coefficient (Wildman–Crippen LogP) is 0.564. The molecule has 29 heavy (non-hydrogen) atoms. The third-order valence-electron chi connectivity index (χ3n) is 5.41. The van der Waals surface area contributed by atoms with Gasteiger partial charge in [-0.25, -0.2) is 0 Å². The highest BCUT2D eigenvalue weighted by atomic mass is 16.6. The molecule has 0 saturated carbocycles. The van der Waals surface area contributed by atoms with Crippen LogP contribution in [0.3, 0.4) is 0 Å². The molecule has 2 aromatic carbocycles. The molecule has 5 N–H and O–H groups in total. The number of rotatable bonds is 4. The van der Waals surface area contributed by atoms with Gasteiger partial charge in [0.25, 0.3) is 0 Å². The molecule has 2 aliphatic rings. The average molecular weight is 397 g/mol. The summed E-state index contributed by atoms with van der Waals surface area (Å²) >= 11 is 0. The van der Waals surface area contributed by atoms with Crippen molar-refractivity contribution in [2.24, 2.45) is 0 Å². The Morgan fingerprint density at radius 1 is 1.03 bits per heavy atom. The summed E-state index contributed by atoms with van der Waals surface area (Å²) in [5.74, 6) is 0.0168. The molecule has 7 nitrogen and oxygen atoms in total. The van der Waals surface area contributed by atoms with E-state index in [2.05, 4.69) is 5.32 Å². The number of nitrogens with one attached hydrogen (secondary N) is 1. The van der Waals surface area contributed by atoms with E-state index in [1.54, 1.807) is 12.1 Å². The van der Waals surface area contributed by atoms with Crippen LogP contribution < -0.4 is 5.32 Å². The molecule has 0 bridgehead atoms. The lowest BCUT2D eigenvalue weighted by Crippen LogP contribution is -2.61. The normalized spacial score (nSPS) is 29.2. The van der Waals surface area contributed by atoms with Crippen LogP contribution in [0.15, 0.2) is 48.5 Å². The third kappa shape index (κ3) is 3.83. The Hall–Kier alpha value is -2.55. The lowest BCUT2D eigenvalue weighted by molar-refractivity contribution is -0.245. The van der Waals surface area contributed by atoms with Crippen molar-refractivity contribution in [1.29, 1.82) is 0 Å². The molecule has 1 fully saturated rings. The first-order chi connectivity index (χ1) is 14.0. The summed E-state index contributed by atoms with van der Waals surface area (Å²) in [6, 6.07) is 13.9. The van der Waals surface area contributed by atoms with Gasteiger partial charge in [-0.3, -0.25) is 4.79 Å².